The third kappa shape index (κ3) is 5.63. The van der Waals surface area contributed by atoms with Crippen LogP contribution in [-0.2, 0) is 11.3 Å². The Balaban J connectivity index is 1.65. The maximum Gasteiger partial charge on any atom is 0.267 e. The van der Waals surface area contributed by atoms with Gasteiger partial charge in [-0.15, -0.1) is 0 Å². The van der Waals surface area contributed by atoms with Crippen LogP contribution in [0.15, 0.2) is 79.3 Å². The second-order valence-corrected chi connectivity index (χ2v) is 6.07. The first-order valence-corrected chi connectivity index (χ1v) is 8.94. The molecule has 0 bridgehead atoms. The summed E-state index contributed by atoms with van der Waals surface area (Å²) >= 11 is 0. The van der Waals surface area contributed by atoms with Gasteiger partial charge in [0.25, 0.3) is 11.8 Å². The molecule has 142 valence electrons. The van der Waals surface area contributed by atoms with Crippen molar-refractivity contribution in [1.82, 2.24) is 25.2 Å². The number of carbonyl (C=O) groups excluding carboxylic acids is 2. The minimum atomic E-state index is -0.348. The fourth-order valence-electron chi connectivity index (χ4n) is 2.55. The second-order valence-electron chi connectivity index (χ2n) is 6.07. The fraction of sp³-hybridized carbons (Fsp3) is 0.143. The smallest absolute Gasteiger partial charge is 0.267 e. The predicted molar refractivity (Wildman–Crippen MR) is 106 cm³/mol. The first kappa shape index (κ1) is 19.0. The van der Waals surface area contributed by atoms with Gasteiger partial charge in [0, 0.05) is 43.4 Å². The molecule has 28 heavy (non-hydrogen) atoms. The van der Waals surface area contributed by atoms with Gasteiger partial charge in [-0.05, 0) is 36.3 Å². The average molecular weight is 375 g/mol. The van der Waals surface area contributed by atoms with Crippen molar-refractivity contribution >= 4 is 17.9 Å². The lowest BCUT2D eigenvalue weighted by molar-refractivity contribution is -0.117. The normalized spacial score (nSPS) is 11.1. The number of aromatic nitrogens is 3. The van der Waals surface area contributed by atoms with Gasteiger partial charge in [0.05, 0.1) is 6.33 Å². The standard InChI is InChI=1S/C21H21N5O2/c27-20(18-7-2-1-3-8-18)25-19(14-17-6-4-9-22-15-17)21(28)24-10-5-12-26-13-11-23-16-26/h1-4,6-9,11,13-16H,5,10,12H2,(H,24,28)(H,25,27)/b19-14-. The van der Waals surface area contributed by atoms with Crippen LogP contribution in [0, 0.1) is 0 Å². The van der Waals surface area contributed by atoms with Gasteiger partial charge in [-0.2, -0.15) is 0 Å². The molecule has 0 aliphatic heterocycles. The minimum Gasteiger partial charge on any atom is -0.351 e. The van der Waals surface area contributed by atoms with E-state index in [1.54, 1.807) is 61.3 Å². The highest BCUT2D eigenvalue weighted by atomic mass is 16.2. The van der Waals surface area contributed by atoms with E-state index < -0.39 is 0 Å². The van der Waals surface area contributed by atoms with E-state index in [2.05, 4.69) is 20.6 Å². The molecule has 1 aromatic carbocycles. The van der Waals surface area contributed by atoms with Crippen LogP contribution in [-0.4, -0.2) is 32.9 Å². The zero-order valence-electron chi connectivity index (χ0n) is 15.3. The van der Waals surface area contributed by atoms with Crippen molar-refractivity contribution in [3.63, 3.8) is 0 Å². The SMILES string of the molecule is O=C(NCCCn1ccnc1)/C(=C/c1cccnc1)NC(=O)c1ccccc1. The molecule has 3 aromatic rings. The van der Waals surface area contributed by atoms with Crippen LogP contribution in [0.1, 0.15) is 22.3 Å². The Labute approximate surface area is 163 Å². The highest BCUT2D eigenvalue weighted by Gasteiger charge is 2.14. The molecule has 0 spiro atoms. The number of imidazole rings is 1. The summed E-state index contributed by atoms with van der Waals surface area (Å²) in [5, 5.41) is 5.55. The maximum atomic E-state index is 12.6. The maximum absolute atomic E-state index is 12.6. The van der Waals surface area contributed by atoms with E-state index in [1.807, 2.05) is 22.9 Å². The first-order chi connectivity index (χ1) is 13.7. The third-order valence-electron chi connectivity index (χ3n) is 3.96. The highest BCUT2D eigenvalue weighted by molar-refractivity contribution is 6.05. The number of benzene rings is 1. The number of pyridine rings is 1. The molecule has 0 aliphatic rings. The molecule has 2 heterocycles. The molecule has 0 aliphatic carbocycles. The molecule has 7 nitrogen and oxygen atoms in total. The summed E-state index contributed by atoms with van der Waals surface area (Å²) in [6.45, 7) is 1.22. The van der Waals surface area contributed by atoms with E-state index in [0.29, 0.717) is 12.1 Å². The Kier molecular flexibility index (Phi) is 6.67. The molecule has 2 N–H and O–H groups in total. The topological polar surface area (TPSA) is 88.9 Å². The van der Waals surface area contributed by atoms with Gasteiger partial charge in [-0.3, -0.25) is 14.6 Å². The van der Waals surface area contributed by atoms with Crippen LogP contribution < -0.4 is 10.6 Å². The van der Waals surface area contributed by atoms with Crippen molar-refractivity contribution in [1.29, 1.82) is 0 Å². The summed E-state index contributed by atoms with van der Waals surface area (Å²) < 4.78 is 1.94. The molecular weight excluding hydrogens is 354 g/mol. The van der Waals surface area contributed by atoms with Gasteiger partial charge in [-0.25, -0.2) is 4.98 Å². The van der Waals surface area contributed by atoms with E-state index >= 15 is 0 Å². The number of hydrogen-bond donors (Lipinski definition) is 2. The monoisotopic (exact) mass is 375 g/mol. The van der Waals surface area contributed by atoms with Crippen LogP contribution in [0.25, 0.3) is 6.08 Å². The molecule has 2 aromatic heterocycles. The third-order valence-corrected chi connectivity index (χ3v) is 3.96. The zero-order chi connectivity index (χ0) is 19.6. The van der Waals surface area contributed by atoms with E-state index in [4.69, 9.17) is 0 Å². The molecule has 0 fully saturated rings. The molecular formula is C21H21N5O2. The number of nitrogens with zero attached hydrogens (tertiary/aromatic N) is 3. The molecule has 7 heteroatoms. The summed E-state index contributed by atoms with van der Waals surface area (Å²) in [6.07, 6.45) is 10.9. The minimum absolute atomic E-state index is 0.171. The van der Waals surface area contributed by atoms with Gasteiger partial charge in [0.15, 0.2) is 0 Å². The summed E-state index contributed by atoms with van der Waals surface area (Å²) in [7, 11) is 0. The molecule has 3 rings (SSSR count). The van der Waals surface area contributed by atoms with Crippen molar-refractivity contribution in [2.24, 2.45) is 0 Å². The summed E-state index contributed by atoms with van der Waals surface area (Å²) in [5.74, 6) is -0.692. The lowest BCUT2D eigenvalue weighted by Crippen LogP contribution is -2.35. The van der Waals surface area contributed by atoms with E-state index in [0.717, 1.165) is 18.5 Å². The van der Waals surface area contributed by atoms with Crippen LogP contribution in [0.3, 0.4) is 0 Å². The number of hydrogen-bond acceptors (Lipinski definition) is 4. The fourth-order valence-corrected chi connectivity index (χ4v) is 2.55. The number of aryl methyl sites for hydroxylation is 1. The van der Waals surface area contributed by atoms with Crippen LogP contribution >= 0.6 is 0 Å². The quantitative estimate of drug-likeness (QED) is 0.467. The van der Waals surface area contributed by atoms with Gasteiger partial charge in [0.2, 0.25) is 0 Å². The first-order valence-electron chi connectivity index (χ1n) is 8.94. The number of amides is 2. The van der Waals surface area contributed by atoms with Gasteiger partial charge >= 0.3 is 0 Å². The molecule has 0 saturated carbocycles. The van der Waals surface area contributed by atoms with E-state index in [1.165, 1.54) is 0 Å². The van der Waals surface area contributed by atoms with Gasteiger partial charge in [-0.1, -0.05) is 24.3 Å². The molecule has 2 amide bonds. The van der Waals surface area contributed by atoms with Crippen molar-refractivity contribution < 1.29 is 9.59 Å². The predicted octanol–water partition coefficient (Wildman–Crippen LogP) is 2.26. The molecule has 0 atom stereocenters. The Bertz CT molecular complexity index is 922. The Morgan fingerprint density at radius 1 is 1.04 bits per heavy atom. The molecule has 0 unspecified atom stereocenters. The Morgan fingerprint density at radius 3 is 2.61 bits per heavy atom. The summed E-state index contributed by atoms with van der Waals surface area (Å²) in [6, 6.07) is 12.3. The van der Waals surface area contributed by atoms with Crippen molar-refractivity contribution in [3.05, 3.63) is 90.4 Å². The summed E-state index contributed by atoms with van der Waals surface area (Å²) in [5.41, 5.74) is 1.37. The van der Waals surface area contributed by atoms with Gasteiger partial charge < -0.3 is 15.2 Å². The lowest BCUT2D eigenvalue weighted by atomic mass is 10.2. The second kappa shape index (κ2) is 9.82. The number of rotatable bonds is 8. The van der Waals surface area contributed by atoms with E-state index in [-0.39, 0.29) is 17.5 Å². The Hall–Kier alpha value is -3.74. The number of carbonyl (C=O) groups is 2. The Morgan fingerprint density at radius 2 is 1.89 bits per heavy atom. The number of nitrogens with one attached hydrogen (secondary N) is 2. The molecule has 0 radical (unpaired) electrons. The van der Waals surface area contributed by atoms with E-state index in [9.17, 15) is 9.59 Å². The summed E-state index contributed by atoms with van der Waals surface area (Å²) in [4.78, 5) is 33.1. The zero-order valence-corrected chi connectivity index (χ0v) is 15.3. The lowest BCUT2D eigenvalue weighted by Gasteiger charge is -2.11. The van der Waals surface area contributed by atoms with Crippen LogP contribution in [0.4, 0.5) is 0 Å². The van der Waals surface area contributed by atoms with Crippen LogP contribution in [0.2, 0.25) is 0 Å². The average Bonchev–Trinajstić information content (AvgIpc) is 3.25. The van der Waals surface area contributed by atoms with Crippen molar-refractivity contribution in [2.75, 3.05) is 6.54 Å². The van der Waals surface area contributed by atoms with Gasteiger partial charge in [0.1, 0.15) is 5.70 Å². The largest absolute Gasteiger partial charge is 0.351 e. The molecule has 0 saturated heterocycles. The van der Waals surface area contributed by atoms with Crippen molar-refractivity contribution in [2.45, 2.75) is 13.0 Å². The van der Waals surface area contributed by atoms with Crippen LogP contribution in [0.5, 0.6) is 0 Å². The van der Waals surface area contributed by atoms with Crippen molar-refractivity contribution in [3.8, 4) is 0 Å². The highest BCUT2D eigenvalue weighted by Crippen LogP contribution is 2.06.